The smallest absolute Gasteiger partial charge is 0.268 e. The highest BCUT2D eigenvalue weighted by Gasteiger charge is 2.33. The fraction of sp³-hybridized carbons (Fsp3) is 0.316. The number of anilines is 1. The number of aryl methyl sites for hydroxylation is 3. The van der Waals surface area contributed by atoms with E-state index in [4.69, 9.17) is 0 Å². The van der Waals surface area contributed by atoms with Crippen molar-refractivity contribution < 1.29 is 4.79 Å². The van der Waals surface area contributed by atoms with Crippen molar-refractivity contribution in [2.75, 3.05) is 4.90 Å². The SMILES string of the molecule is Cc1nc(C)c2c(C)c(C(=O)N3c4ccccc4CC3C)sc2n1. The molecule has 3 heterocycles. The van der Waals surface area contributed by atoms with E-state index in [9.17, 15) is 4.79 Å². The van der Waals surface area contributed by atoms with Crippen molar-refractivity contribution in [1.29, 1.82) is 0 Å². The van der Waals surface area contributed by atoms with E-state index in [1.807, 2.05) is 43.9 Å². The van der Waals surface area contributed by atoms with Gasteiger partial charge in [-0.2, -0.15) is 0 Å². The summed E-state index contributed by atoms with van der Waals surface area (Å²) in [7, 11) is 0. The van der Waals surface area contributed by atoms with E-state index >= 15 is 0 Å². The molecule has 1 aromatic carbocycles. The van der Waals surface area contributed by atoms with E-state index < -0.39 is 0 Å². The van der Waals surface area contributed by atoms with Crippen molar-refractivity contribution >= 4 is 33.1 Å². The molecule has 0 aliphatic carbocycles. The average Bonchev–Trinajstić information content (AvgIpc) is 3.03. The Morgan fingerprint density at radius 3 is 2.75 bits per heavy atom. The maximum atomic E-state index is 13.3. The standard InChI is InChI=1S/C19H19N3OS/c1-10-9-14-7-5-6-8-15(14)22(10)19(23)17-11(2)16-12(3)20-13(4)21-18(16)24-17/h5-8,10H,9H2,1-4H3. The normalized spacial score (nSPS) is 16.7. The minimum Gasteiger partial charge on any atom is -0.304 e. The molecule has 1 aliphatic heterocycles. The van der Waals surface area contributed by atoms with E-state index in [0.717, 1.165) is 44.3 Å². The van der Waals surface area contributed by atoms with Crippen LogP contribution in [0, 0.1) is 20.8 Å². The molecule has 4 rings (SSSR count). The minimum atomic E-state index is 0.0741. The molecular formula is C19H19N3OS. The maximum Gasteiger partial charge on any atom is 0.268 e. The molecule has 0 saturated heterocycles. The molecule has 5 heteroatoms. The molecule has 1 amide bonds. The summed E-state index contributed by atoms with van der Waals surface area (Å²) < 4.78 is 0. The van der Waals surface area contributed by atoms with Crippen molar-refractivity contribution in [3.05, 3.63) is 51.8 Å². The number of benzene rings is 1. The molecule has 0 fully saturated rings. The predicted octanol–water partition coefficient (Wildman–Crippen LogP) is 4.21. The number of rotatable bonds is 1. The number of carbonyl (C=O) groups excluding carboxylic acids is 1. The lowest BCUT2D eigenvalue weighted by molar-refractivity contribution is 0.0985. The number of para-hydroxylation sites is 1. The van der Waals surface area contributed by atoms with Crippen LogP contribution in [0.1, 0.15) is 39.2 Å². The molecule has 3 aromatic rings. The lowest BCUT2D eigenvalue weighted by atomic mass is 10.1. The van der Waals surface area contributed by atoms with Crippen LogP contribution in [-0.4, -0.2) is 21.9 Å². The first-order valence-electron chi connectivity index (χ1n) is 8.13. The molecule has 0 saturated carbocycles. The summed E-state index contributed by atoms with van der Waals surface area (Å²) in [6.07, 6.45) is 0.907. The van der Waals surface area contributed by atoms with Gasteiger partial charge >= 0.3 is 0 Å². The molecular weight excluding hydrogens is 318 g/mol. The molecule has 24 heavy (non-hydrogen) atoms. The highest BCUT2D eigenvalue weighted by molar-refractivity contribution is 7.20. The fourth-order valence-electron chi connectivity index (χ4n) is 3.66. The Balaban J connectivity index is 1.85. The lowest BCUT2D eigenvalue weighted by Gasteiger charge is -2.22. The molecule has 1 unspecified atom stereocenters. The topological polar surface area (TPSA) is 46.1 Å². The molecule has 0 N–H and O–H groups in total. The maximum absolute atomic E-state index is 13.3. The molecule has 2 aromatic heterocycles. The van der Waals surface area contributed by atoms with Gasteiger partial charge < -0.3 is 4.90 Å². The van der Waals surface area contributed by atoms with Gasteiger partial charge in [-0.05, 0) is 51.3 Å². The first kappa shape index (κ1) is 15.3. The van der Waals surface area contributed by atoms with E-state index in [2.05, 4.69) is 23.0 Å². The van der Waals surface area contributed by atoms with Crippen LogP contribution in [0.2, 0.25) is 0 Å². The first-order chi connectivity index (χ1) is 11.5. The zero-order chi connectivity index (χ0) is 17.0. The van der Waals surface area contributed by atoms with Crippen LogP contribution >= 0.6 is 11.3 Å². The van der Waals surface area contributed by atoms with E-state index in [1.165, 1.54) is 16.9 Å². The Bertz CT molecular complexity index is 976. The van der Waals surface area contributed by atoms with E-state index in [0.29, 0.717) is 0 Å². The van der Waals surface area contributed by atoms with Gasteiger partial charge in [-0.25, -0.2) is 9.97 Å². The summed E-state index contributed by atoms with van der Waals surface area (Å²) in [5.74, 6) is 0.824. The van der Waals surface area contributed by atoms with Gasteiger partial charge in [0.15, 0.2) is 0 Å². The van der Waals surface area contributed by atoms with Crippen LogP contribution in [0.5, 0.6) is 0 Å². The van der Waals surface area contributed by atoms with Gasteiger partial charge in [0.05, 0.1) is 4.88 Å². The van der Waals surface area contributed by atoms with Crippen molar-refractivity contribution in [3.63, 3.8) is 0 Å². The molecule has 4 nitrogen and oxygen atoms in total. The Hall–Kier alpha value is -2.27. The van der Waals surface area contributed by atoms with Crippen molar-refractivity contribution in [2.24, 2.45) is 0 Å². The predicted molar refractivity (Wildman–Crippen MR) is 98.0 cm³/mol. The lowest BCUT2D eigenvalue weighted by Crippen LogP contribution is -2.35. The van der Waals surface area contributed by atoms with Gasteiger partial charge in [0.1, 0.15) is 10.7 Å². The first-order valence-corrected chi connectivity index (χ1v) is 8.95. The molecule has 0 bridgehead atoms. The summed E-state index contributed by atoms with van der Waals surface area (Å²) in [6, 6.07) is 8.35. The Kier molecular flexibility index (Phi) is 3.42. The van der Waals surface area contributed by atoms with E-state index in [1.54, 1.807) is 0 Å². The number of nitrogens with zero attached hydrogens (tertiary/aromatic N) is 3. The van der Waals surface area contributed by atoms with Gasteiger partial charge in [-0.1, -0.05) is 18.2 Å². The molecule has 122 valence electrons. The Labute approximate surface area is 145 Å². The second kappa shape index (κ2) is 5.38. The number of aromatic nitrogens is 2. The third-order valence-corrected chi connectivity index (χ3v) is 5.88. The second-order valence-corrected chi connectivity index (χ2v) is 7.45. The Morgan fingerprint density at radius 1 is 1.21 bits per heavy atom. The highest BCUT2D eigenvalue weighted by atomic mass is 32.1. The monoisotopic (exact) mass is 337 g/mol. The summed E-state index contributed by atoms with van der Waals surface area (Å²) >= 11 is 1.48. The number of hydrogen-bond donors (Lipinski definition) is 0. The Morgan fingerprint density at radius 2 is 1.96 bits per heavy atom. The molecule has 1 aliphatic rings. The van der Waals surface area contributed by atoms with Crippen LogP contribution in [0.25, 0.3) is 10.2 Å². The quantitative estimate of drug-likeness (QED) is 0.668. The number of amides is 1. The summed E-state index contributed by atoms with van der Waals surface area (Å²) in [5.41, 5.74) is 4.21. The molecule has 1 atom stereocenters. The third kappa shape index (κ3) is 2.15. The zero-order valence-electron chi connectivity index (χ0n) is 14.3. The van der Waals surface area contributed by atoms with Gasteiger partial charge in [-0.15, -0.1) is 11.3 Å². The van der Waals surface area contributed by atoms with Gasteiger partial charge in [0.25, 0.3) is 5.91 Å². The summed E-state index contributed by atoms with van der Waals surface area (Å²) in [4.78, 5) is 25.9. The zero-order valence-corrected chi connectivity index (χ0v) is 15.1. The fourth-order valence-corrected chi connectivity index (χ4v) is 4.88. The van der Waals surface area contributed by atoms with Crippen LogP contribution in [0.15, 0.2) is 24.3 Å². The van der Waals surface area contributed by atoms with Crippen LogP contribution in [-0.2, 0) is 6.42 Å². The summed E-state index contributed by atoms with van der Waals surface area (Å²) in [5, 5.41) is 1.02. The molecule has 0 radical (unpaired) electrons. The average molecular weight is 337 g/mol. The number of carbonyl (C=O) groups is 1. The van der Waals surface area contributed by atoms with Crippen LogP contribution in [0.4, 0.5) is 5.69 Å². The number of hydrogen-bond acceptors (Lipinski definition) is 4. The van der Waals surface area contributed by atoms with Crippen LogP contribution < -0.4 is 4.90 Å². The number of fused-ring (bicyclic) bond motifs is 2. The van der Waals surface area contributed by atoms with Crippen molar-refractivity contribution in [3.8, 4) is 0 Å². The minimum absolute atomic E-state index is 0.0741. The highest BCUT2D eigenvalue weighted by Crippen LogP contribution is 2.37. The largest absolute Gasteiger partial charge is 0.304 e. The van der Waals surface area contributed by atoms with Crippen molar-refractivity contribution in [1.82, 2.24) is 9.97 Å². The molecule has 0 spiro atoms. The van der Waals surface area contributed by atoms with Gasteiger partial charge in [-0.3, -0.25) is 4.79 Å². The summed E-state index contributed by atoms with van der Waals surface area (Å²) in [6.45, 7) is 7.99. The third-order valence-electron chi connectivity index (χ3n) is 4.70. The van der Waals surface area contributed by atoms with Gasteiger partial charge in [0.2, 0.25) is 0 Å². The second-order valence-electron chi connectivity index (χ2n) is 6.45. The number of thiophene rings is 1. The van der Waals surface area contributed by atoms with Crippen LogP contribution in [0.3, 0.4) is 0 Å². The van der Waals surface area contributed by atoms with Crippen molar-refractivity contribution in [2.45, 2.75) is 40.2 Å². The van der Waals surface area contributed by atoms with E-state index in [-0.39, 0.29) is 11.9 Å². The van der Waals surface area contributed by atoms with Gasteiger partial charge in [0, 0.05) is 22.8 Å².